The Morgan fingerprint density at radius 3 is 2.50 bits per heavy atom. The van der Waals surface area contributed by atoms with Gasteiger partial charge >= 0.3 is 0 Å². The van der Waals surface area contributed by atoms with E-state index in [0.717, 1.165) is 23.3 Å². The molecule has 2 unspecified atom stereocenters. The first-order valence-electron chi connectivity index (χ1n) is 9.90. The molecule has 1 aromatic heterocycles. The van der Waals surface area contributed by atoms with Gasteiger partial charge < -0.3 is 5.32 Å². The zero-order valence-corrected chi connectivity index (χ0v) is 18.0. The van der Waals surface area contributed by atoms with E-state index >= 15 is 0 Å². The maximum absolute atomic E-state index is 13.0. The second kappa shape index (κ2) is 7.65. The van der Waals surface area contributed by atoms with Gasteiger partial charge in [0.2, 0.25) is 5.91 Å². The molecule has 5 rings (SSSR count). The van der Waals surface area contributed by atoms with Crippen LogP contribution in [0.25, 0.3) is 0 Å². The van der Waals surface area contributed by atoms with Crippen LogP contribution >= 0.6 is 34.9 Å². The van der Waals surface area contributed by atoms with Crippen molar-refractivity contribution in [2.45, 2.75) is 36.2 Å². The molecule has 1 amide bonds. The number of hydrogen-bond acceptors (Lipinski definition) is 5. The molecule has 3 fully saturated rings. The maximum atomic E-state index is 13.0. The smallest absolute Gasteiger partial charge is 0.229 e. The van der Waals surface area contributed by atoms with Gasteiger partial charge in [-0.3, -0.25) is 4.79 Å². The number of hydrogen-bond donors (Lipinski definition) is 1. The molecule has 1 N–H and O–H groups in total. The molecule has 2 atom stereocenters. The first kappa shape index (κ1) is 18.9. The SMILES string of the molecule is O=C(Nc1ncc(Cc2ccc(F)cc2)s1)C1CC2CCC(C1)C21SCCS1. The summed E-state index contributed by atoms with van der Waals surface area (Å²) >= 11 is 5.84. The molecule has 1 saturated heterocycles. The summed E-state index contributed by atoms with van der Waals surface area (Å²) in [6.07, 6.45) is 7.14. The molecule has 148 valence electrons. The quantitative estimate of drug-likeness (QED) is 0.697. The van der Waals surface area contributed by atoms with Crippen LogP contribution in [0.1, 0.15) is 36.1 Å². The summed E-state index contributed by atoms with van der Waals surface area (Å²) in [6, 6.07) is 6.54. The fraction of sp³-hybridized carbons (Fsp3) is 0.524. The molecule has 3 aliphatic rings. The molecule has 1 aliphatic heterocycles. The fourth-order valence-corrected chi connectivity index (χ4v) is 9.86. The van der Waals surface area contributed by atoms with Crippen molar-refractivity contribution in [3.05, 3.63) is 46.7 Å². The third-order valence-corrected chi connectivity index (χ3v) is 11.3. The highest BCUT2D eigenvalue weighted by atomic mass is 32.2. The number of halogens is 1. The van der Waals surface area contributed by atoms with Crippen molar-refractivity contribution in [3.8, 4) is 0 Å². The van der Waals surface area contributed by atoms with E-state index in [1.165, 1.54) is 47.8 Å². The largest absolute Gasteiger partial charge is 0.302 e. The lowest BCUT2D eigenvalue weighted by molar-refractivity contribution is -0.121. The summed E-state index contributed by atoms with van der Waals surface area (Å²) in [4.78, 5) is 18.4. The molecule has 28 heavy (non-hydrogen) atoms. The predicted molar refractivity (Wildman–Crippen MR) is 117 cm³/mol. The van der Waals surface area contributed by atoms with Gasteiger partial charge in [-0.15, -0.1) is 34.9 Å². The molecular weight excluding hydrogens is 411 g/mol. The van der Waals surface area contributed by atoms with Crippen molar-refractivity contribution in [2.75, 3.05) is 16.8 Å². The van der Waals surface area contributed by atoms with Gasteiger partial charge in [0, 0.05) is 34.9 Å². The molecule has 2 bridgehead atoms. The van der Waals surface area contributed by atoms with Crippen LogP contribution in [-0.2, 0) is 11.2 Å². The van der Waals surface area contributed by atoms with Crippen LogP contribution in [0, 0.1) is 23.6 Å². The van der Waals surface area contributed by atoms with Gasteiger partial charge in [0.15, 0.2) is 5.13 Å². The Kier molecular flexibility index (Phi) is 5.18. The van der Waals surface area contributed by atoms with E-state index in [9.17, 15) is 9.18 Å². The normalized spacial score (nSPS) is 28.0. The molecule has 1 spiro atoms. The van der Waals surface area contributed by atoms with Gasteiger partial charge in [-0.1, -0.05) is 12.1 Å². The highest BCUT2D eigenvalue weighted by Gasteiger charge is 2.57. The first-order valence-corrected chi connectivity index (χ1v) is 12.7. The third-order valence-electron chi connectivity index (χ3n) is 6.32. The minimum atomic E-state index is -0.223. The van der Waals surface area contributed by atoms with E-state index in [-0.39, 0.29) is 17.6 Å². The Bertz CT molecular complexity index is 847. The lowest BCUT2D eigenvalue weighted by Gasteiger charge is -2.42. The Labute approximate surface area is 177 Å². The molecule has 7 heteroatoms. The Morgan fingerprint density at radius 2 is 1.82 bits per heavy atom. The minimum Gasteiger partial charge on any atom is -0.302 e. The van der Waals surface area contributed by atoms with Gasteiger partial charge in [0.05, 0.1) is 4.08 Å². The van der Waals surface area contributed by atoms with Crippen molar-refractivity contribution in [1.82, 2.24) is 4.98 Å². The second-order valence-electron chi connectivity index (χ2n) is 7.98. The van der Waals surface area contributed by atoms with E-state index < -0.39 is 0 Å². The van der Waals surface area contributed by atoms with Crippen LogP contribution in [-0.4, -0.2) is 26.5 Å². The Hall–Kier alpha value is -1.05. The Morgan fingerprint density at radius 1 is 1.14 bits per heavy atom. The number of anilines is 1. The number of carbonyl (C=O) groups excluding carboxylic acids is 1. The molecule has 0 radical (unpaired) electrons. The fourth-order valence-electron chi connectivity index (χ4n) is 5.07. The number of nitrogens with one attached hydrogen (secondary N) is 1. The lowest BCUT2D eigenvalue weighted by atomic mass is 9.79. The minimum absolute atomic E-state index is 0.120. The van der Waals surface area contributed by atoms with Crippen LogP contribution in [0.5, 0.6) is 0 Å². The molecular formula is C21H23FN2OS3. The average Bonchev–Trinajstić information content (AvgIpc) is 3.37. The molecule has 2 saturated carbocycles. The van der Waals surface area contributed by atoms with Crippen molar-refractivity contribution >= 4 is 45.9 Å². The molecule has 2 heterocycles. The monoisotopic (exact) mass is 434 g/mol. The van der Waals surface area contributed by atoms with Gasteiger partial charge in [-0.05, 0) is 55.2 Å². The van der Waals surface area contributed by atoms with Gasteiger partial charge in [0.1, 0.15) is 5.82 Å². The number of benzene rings is 1. The predicted octanol–water partition coefficient (Wildman–Crippen LogP) is 5.42. The Balaban J connectivity index is 1.21. The van der Waals surface area contributed by atoms with E-state index in [1.54, 1.807) is 12.1 Å². The maximum Gasteiger partial charge on any atom is 0.229 e. The highest BCUT2D eigenvalue weighted by Crippen LogP contribution is 2.65. The molecule has 2 aliphatic carbocycles. The number of rotatable bonds is 4. The summed E-state index contributed by atoms with van der Waals surface area (Å²) in [7, 11) is 0. The van der Waals surface area contributed by atoms with Crippen LogP contribution in [0.4, 0.5) is 9.52 Å². The number of amides is 1. The number of aromatic nitrogens is 1. The zero-order chi connectivity index (χ0) is 19.1. The summed E-state index contributed by atoms with van der Waals surface area (Å²) in [5, 5.41) is 3.75. The topological polar surface area (TPSA) is 42.0 Å². The summed E-state index contributed by atoms with van der Waals surface area (Å²) in [5.74, 6) is 3.94. The van der Waals surface area contributed by atoms with Crippen LogP contribution < -0.4 is 5.32 Å². The van der Waals surface area contributed by atoms with E-state index in [2.05, 4.69) is 33.8 Å². The standard InChI is InChI=1S/C21H23FN2OS3/c22-17-5-1-13(2-6-17)9-18-12-23-20(28-18)24-19(25)14-10-15-3-4-16(11-14)21(15)26-7-8-27-21/h1-2,5-6,12,14-16H,3-4,7-11H2,(H,23,24,25). The highest BCUT2D eigenvalue weighted by molar-refractivity contribution is 8.21. The zero-order valence-electron chi connectivity index (χ0n) is 15.5. The number of thioether (sulfide) groups is 2. The molecule has 3 nitrogen and oxygen atoms in total. The second-order valence-corrected chi connectivity index (χ2v) is 12.1. The summed E-state index contributed by atoms with van der Waals surface area (Å²) < 4.78 is 13.5. The van der Waals surface area contributed by atoms with E-state index in [0.29, 0.717) is 27.5 Å². The van der Waals surface area contributed by atoms with Crippen LogP contribution in [0.15, 0.2) is 30.5 Å². The van der Waals surface area contributed by atoms with Gasteiger partial charge in [-0.2, -0.15) is 0 Å². The van der Waals surface area contributed by atoms with Crippen molar-refractivity contribution in [1.29, 1.82) is 0 Å². The van der Waals surface area contributed by atoms with Crippen molar-refractivity contribution < 1.29 is 9.18 Å². The van der Waals surface area contributed by atoms with E-state index in [1.807, 2.05) is 6.20 Å². The molecule has 2 aromatic rings. The number of thiazole rings is 1. The first-order chi connectivity index (χ1) is 13.6. The molecule has 1 aromatic carbocycles. The van der Waals surface area contributed by atoms with Crippen molar-refractivity contribution in [3.63, 3.8) is 0 Å². The van der Waals surface area contributed by atoms with Crippen LogP contribution in [0.2, 0.25) is 0 Å². The van der Waals surface area contributed by atoms with Crippen molar-refractivity contribution in [2.24, 2.45) is 17.8 Å². The van der Waals surface area contributed by atoms with E-state index in [4.69, 9.17) is 0 Å². The summed E-state index contributed by atoms with van der Waals surface area (Å²) in [5.41, 5.74) is 1.05. The average molecular weight is 435 g/mol. The number of carbonyl (C=O) groups is 1. The summed E-state index contributed by atoms with van der Waals surface area (Å²) in [6.45, 7) is 0. The lowest BCUT2D eigenvalue weighted by Crippen LogP contribution is -2.41. The number of nitrogens with zero attached hydrogens (tertiary/aromatic N) is 1. The van der Waals surface area contributed by atoms with Gasteiger partial charge in [-0.25, -0.2) is 9.37 Å². The third kappa shape index (κ3) is 3.50. The van der Waals surface area contributed by atoms with Crippen LogP contribution in [0.3, 0.4) is 0 Å². The van der Waals surface area contributed by atoms with Gasteiger partial charge in [0.25, 0.3) is 0 Å².